The lowest BCUT2D eigenvalue weighted by molar-refractivity contribution is 0.318. The Morgan fingerprint density at radius 1 is 1.50 bits per heavy atom. The van der Waals surface area contributed by atoms with Gasteiger partial charge in [-0.3, -0.25) is 4.72 Å². The zero-order valence-electron chi connectivity index (χ0n) is 11.1. The topological polar surface area (TPSA) is 117 Å². The highest BCUT2D eigenvalue weighted by atomic mass is 79.9. The van der Waals surface area contributed by atoms with E-state index in [0.29, 0.717) is 11.0 Å². The van der Waals surface area contributed by atoms with Crippen LogP contribution in [-0.2, 0) is 10.2 Å². The van der Waals surface area contributed by atoms with Gasteiger partial charge >= 0.3 is 0 Å². The predicted octanol–water partition coefficient (Wildman–Crippen LogP) is 1.45. The monoisotopic (exact) mass is 364 g/mol. The number of hydrogen-bond acceptors (Lipinski definition) is 4. The van der Waals surface area contributed by atoms with E-state index in [9.17, 15) is 8.42 Å². The molecule has 112 valence electrons. The molecule has 1 rings (SSSR count). The quantitative estimate of drug-likeness (QED) is 0.264. The molecule has 1 aromatic carbocycles. The van der Waals surface area contributed by atoms with Crippen LogP contribution in [0.1, 0.15) is 19.4 Å². The Balaban J connectivity index is 3.05. The molecule has 0 fully saturated rings. The van der Waals surface area contributed by atoms with Crippen molar-refractivity contribution in [3.05, 3.63) is 28.2 Å². The molecule has 0 bridgehead atoms. The fourth-order valence-electron chi connectivity index (χ4n) is 1.34. The minimum Gasteiger partial charge on any atom is -0.409 e. The van der Waals surface area contributed by atoms with E-state index in [1.807, 2.05) is 13.8 Å². The van der Waals surface area contributed by atoms with Gasteiger partial charge in [-0.1, -0.05) is 34.9 Å². The second-order valence-electron chi connectivity index (χ2n) is 4.52. The van der Waals surface area contributed by atoms with Crippen LogP contribution in [0.3, 0.4) is 0 Å². The standard InChI is InChI=1S/C11H17BrN4O3S/c1-7(2)6-14-20(18,19)16-10-5-8(12)3-4-9(10)11(13)15-17/h3-5,7,14,16-17H,6H2,1-2H3,(H2,13,15). The van der Waals surface area contributed by atoms with Crippen molar-refractivity contribution in [3.63, 3.8) is 0 Å². The molecule has 0 atom stereocenters. The number of nitrogens with one attached hydrogen (secondary N) is 2. The number of nitrogens with zero attached hydrogens (tertiary/aromatic N) is 1. The first-order valence-corrected chi connectivity index (χ1v) is 8.07. The van der Waals surface area contributed by atoms with Crippen molar-refractivity contribution in [1.29, 1.82) is 0 Å². The van der Waals surface area contributed by atoms with Gasteiger partial charge in [0, 0.05) is 16.6 Å². The highest BCUT2D eigenvalue weighted by Gasteiger charge is 2.15. The van der Waals surface area contributed by atoms with Gasteiger partial charge in [0.15, 0.2) is 5.84 Å². The van der Waals surface area contributed by atoms with E-state index in [4.69, 9.17) is 10.9 Å². The minimum atomic E-state index is -3.72. The molecular weight excluding hydrogens is 348 g/mol. The molecule has 0 radical (unpaired) electrons. The zero-order chi connectivity index (χ0) is 15.3. The molecule has 20 heavy (non-hydrogen) atoms. The lowest BCUT2D eigenvalue weighted by Gasteiger charge is -2.14. The molecule has 0 aromatic heterocycles. The van der Waals surface area contributed by atoms with Gasteiger partial charge in [0.05, 0.1) is 5.69 Å². The summed E-state index contributed by atoms with van der Waals surface area (Å²) in [4.78, 5) is 0. The number of rotatable bonds is 6. The summed E-state index contributed by atoms with van der Waals surface area (Å²) in [5.41, 5.74) is 6.01. The Morgan fingerprint density at radius 2 is 2.15 bits per heavy atom. The zero-order valence-corrected chi connectivity index (χ0v) is 13.5. The molecule has 5 N–H and O–H groups in total. The van der Waals surface area contributed by atoms with Crippen LogP contribution in [0.2, 0.25) is 0 Å². The first kappa shape index (κ1) is 16.7. The SMILES string of the molecule is CC(C)CNS(=O)(=O)Nc1cc(Br)ccc1/C(N)=N/O. The van der Waals surface area contributed by atoms with Crippen molar-refractivity contribution in [2.45, 2.75) is 13.8 Å². The second kappa shape index (κ2) is 6.91. The van der Waals surface area contributed by atoms with Gasteiger partial charge in [-0.25, -0.2) is 0 Å². The van der Waals surface area contributed by atoms with Gasteiger partial charge in [-0.05, 0) is 24.1 Å². The molecule has 0 heterocycles. The molecule has 0 aliphatic carbocycles. The van der Waals surface area contributed by atoms with Crippen LogP contribution >= 0.6 is 15.9 Å². The van der Waals surface area contributed by atoms with Crippen LogP contribution in [0, 0.1) is 5.92 Å². The molecule has 0 aliphatic heterocycles. The maximum absolute atomic E-state index is 11.9. The van der Waals surface area contributed by atoms with E-state index >= 15 is 0 Å². The van der Waals surface area contributed by atoms with Gasteiger partial charge in [0.25, 0.3) is 10.2 Å². The Kier molecular flexibility index (Phi) is 5.78. The van der Waals surface area contributed by atoms with Crippen LogP contribution < -0.4 is 15.2 Å². The minimum absolute atomic E-state index is 0.178. The van der Waals surface area contributed by atoms with E-state index in [-0.39, 0.29) is 23.0 Å². The molecule has 0 unspecified atom stereocenters. The molecular formula is C11H17BrN4O3S. The van der Waals surface area contributed by atoms with E-state index < -0.39 is 10.2 Å². The van der Waals surface area contributed by atoms with Gasteiger partial charge in [-0.15, -0.1) is 0 Å². The van der Waals surface area contributed by atoms with Crippen LogP contribution in [0.25, 0.3) is 0 Å². The highest BCUT2D eigenvalue weighted by molar-refractivity contribution is 9.10. The molecule has 1 aromatic rings. The summed E-state index contributed by atoms with van der Waals surface area (Å²) in [5.74, 6) is -0.00307. The molecule has 0 saturated carbocycles. The van der Waals surface area contributed by atoms with E-state index in [1.54, 1.807) is 12.1 Å². The summed E-state index contributed by atoms with van der Waals surface area (Å²) >= 11 is 3.24. The normalized spacial score (nSPS) is 12.7. The number of amidine groups is 1. The summed E-state index contributed by atoms with van der Waals surface area (Å²) in [7, 11) is -3.72. The molecule has 9 heteroatoms. The first-order chi connectivity index (χ1) is 9.25. The Hall–Kier alpha value is -1.32. The van der Waals surface area contributed by atoms with Crippen molar-refractivity contribution < 1.29 is 13.6 Å². The number of hydrogen-bond donors (Lipinski definition) is 4. The van der Waals surface area contributed by atoms with Crippen LogP contribution in [-0.4, -0.2) is 26.0 Å². The second-order valence-corrected chi connectivity index (χ2v) is 6.94. The predicted molar refractivity (Wildman–Crippen MR) is 82.0 cm³/mol. The van der Waals surface area contributed by atoms with E-state index in [0.717, 1.165) is 0 Å². The lowest BCUT2D eigenvalue weighted by Crippen LogP contribution is -2.33. The number of oxime groups is 1. The van der Waals surface area contributed by atoms with Gasteiger partial charge in [-0.2, -0.15) is 13.1 Å². The summed E-state index contributed by atoms with van der Waals surface area (Å²) in [5, 5.41) is 11.6. The van der Waals surface area contributed by atoms with Gasteiger partial charge in [0.2, 0.25) is 0 Å². The Labute approximate surface area is 126 Å². The van der Waals surface area contributed by atoms with Crippen molar-refractivity contribution in [2.24, 2.45) is 16.8 Å². The fraction of sp³-hybridized carbons (Fsp3) is 0.364. The summed E-state index contributed by atoms with van der Waals surface area (Å²) in [6.07, 6.45) is 0. The maximum atomic E-state index is 11.9. The van der Waals surface area contributed by atoms with Crippen molar-refractivity contribution >= 4 is 37.7 Å². The molecule has 0 saturated heterocycles. The van der Waals surface area contributed by atoms with Crippen molar-refractivity contribution in [2.75, 3.05) is 11.3 Å². The summed E-state index contributed by atoms with van der Waals surface area (Å²) in [6, 6.07) is 4.73. The smallest absolute Gasteiger partial charge is 0.299 e. The summed E-state index contributed by atoms with van der Waals surface area (Å²) < 4.78 is 29.2. The third-order valence-electron chi connectivity index (χ3n) is 2.29. The number of benzene rings is 1. The van der Waals surface area contributed by atoms with Crippen molar-refractivity contribution in [3.8, 4) is 0 Å². The first-order valence-electron chi connectivity index (χ1n) is 5.80. The number of anilines is 1. The van der Waals surface area contributed by atoms with E-state index in [1.165, 1.54) is 6.07 Å². The highest BCUT2D eigenvalue weighted by Crippen LogP contribution is 2.22. The van der Waals surface area contributed by atoms with Crippen LogP contribution in [0.5, 0.6) is 0 Å². The van der Waals surface area contributed by atoms with Crippen LogP contribution in [0.15, 0.2) is 27.8 Å². The van der Waals surface area contributed by atoms with Crippen LogP contribution in [0.4, 0.5) is 5.69 Å². The maximum Gasteiger partial charge on any atom is 0.299 e. The Morgan fingerprint density at radius 3 is 2.70 bits per heavy atom. The fourth-order valence-corrected chi connectivity index (χ4v) is 2.78. The molecule has 0 spiro atoms. The van der Waals surface area contributed by atoms with Gasteiger partial charge < -0.3 is 10.9 Å². The molecule has 0 amide bonds. The average molecular weight is 365 g/mol. The van der Waals surface area contributed by atoms with E-state index in [2.05, 4.69) is 30.5 Å². The molecule has 0 aliphatic rings. The Bertz CT molecular complexity index is 602. The van der Waals surface area contributed by atoms with Gasteiger partial charge in [0.1, 0.15) is 0 Å². The lowest BCUT2D eigenvalue weighted by atomic mass is 10.2. The third kappa shape index (κ3) is 4.99. The molecule has 7 nitrogen and oxygen atoms in total. The number of nitrogens with two attached hydrogens (primary N) is 1. The summed E-state index contributed by atoms with van der Waals surface area (Å²) in [6.45, 7) is 4.09. The number of halogens is 1. The van der Waals surface area contributed by atoms with Crippen molar-refractivity contribution in [1.82, 2.24) is 4.72 Å². The average Bonchev–Trinajstić information content (AvgIpc) is 2.35. The largest absolute Gasteiger partial charge is 0.409 e. The third-order valence-corrected chi connectivity index (χ3v) is 3.82.